The van der Waals surface area contributed by atoms with E-state index in [0.717, 1.165) is 45.3 Å². The van der Waals surface area contributed by atoms with Crippen LogP contribution in [0.3, 0.4) is 0 Å². The molecule has 3 aliphatic heterocycles. The molecule has 0 spiro atoms. The largest absolute Gasteiger partial charge is 0.433 e. The number of aliphatic imine (C=N–C) groups is 1. The Bertz CT molecular complexity index is 1690. The van der Waals surface area contributed by atoms with Gasteiger partial charge in [-0.15, -0.1) is 11.8 Å². The number of fused-ring (bicyclic) bond motifs is 2. The molecule has 1 unspecified atom stereocenters. The van der Waals surface area contributed by atoms with Crippen LogP contribution in [0.4, 0.5) is 16.2 Å². The fourth-order valence-electron chi connectivity index (χ4n) is 5.71. The highest BCUT2D eigenvalue weighted by Crippen LogP contribution is 2.48. The summed E-state index contributed by atoms with van der Waals surface area (Å²) in [7, 11) is -4.24. The number of hydrogen-bond acceptors (Lipinski definition) is 9. The zero-order valence-corrected chi connectivity index (χ0v) is 28.8. The molecule has 13 heteroatoms. The molecule has 0 aliphatic carbocycles. The molecule has 1 saturated heterocycles. The molecule has 0 aromatic heterocycles. The van der Waals surface area contributed by atoms with E-state index in [-0.39, 0.29) is 35.0 Å². The lowest BCUT2D eigenvalue weighted by molar-refractivity contribution is -0.137. The van der Waals surface area contributed by atoms with Gasteiger partial charge in [-0.05, 0) is 62.4 Å². The third-order valence-corrected chi connectivity index (χ3v) is 11.8. The third-order valence-electron chi connectivity index (χ3n) is 8.36. The molecular weight excluding hydrogens is 629 g/mol. The van der Waals surface area contributed by atoms with Crippen molar-refractivity contribution in [3.8, 4) is 0 Å². The van der Waals surface area contributed by atoms with Gasteiger partial charge in [-0.2, -0.15) is 0 Å². The summed E-state index contributed by atoms with van der Waals surface area (Å²) in [5.74, 6) is -1.00. The van der Waals surface area contributed by atoms with Crippen LogP contribution >= 0.6 is 11.8 Å². The van der Waals surface area contributed by atoms with Crippen LogP contribution in [0.15, 0.2) is 51.2 Å². The number of nitrogens with zero attached hydrogens (tertiary/aromatic N) is 3. The average molecular weight is 671 g/mol. The highest BCUT2D eigenvalue weighted by Gasteiger charge is 2.55. The van der Waals surface area contributed by atoms with Crippen molar-refractivity contribution in [1.82, 2.24) is 9.21 Å². The lowest BCUT2D eigenvalue weighted by Gasteiger charge is -2.35. The molecule has 2 aromatic rings. The van der Waals surface area contributed by atoms with E-state index in [0.29, 0.717) is 23.6 Å². The van der Waals surface area contributed by atoms with Gasteiger partial charge in [0.05, 0.1) is 11.4 Å². The van der Waals surface area contributed by atoms with Crippen molar-refractivity contribution in [3.63, 3.8) is 0 Å². The summed E-state index contributed by atoms with van der Waals surface area (Å²) >= 11 is 1.62. The number of benzene rings is 2. The van der Waals surface area contributed by atoms with Gasteiger partial charge in [0.2, 0.25) is 0 Å². The number of sulfonamides is 1. The Kier molecular flexibility index (Phi) is 9.59. The van der Waals surface area contributed by atoms with Crippen molar-refractivity contribution >= 4 is 56.9 Å². The summed E-state index contributed by atoms with van der Waals surface area (Å²) in [6, 6.07) is 8.49. The molecule has 1 atom stereocenters. The molecule has 0 radical (unpaired) electrons. The first-order chi connectivity index (χ1) is 21.7. The van der Waals surface area contributed by atoms with E-state index in [1.54, 1.807) is 23.9 Å². The topological polar surface area (TPSA) is 135 Å². The maximum absolute atomic E-state index is 14.5. The second-order valence-corrected chi connectivity index (χ2v) is 15.6. The number of carbonyl (C=O) groups is 3. The van der Waals surface area contributed by atoms with Crippen molar-refractivity contribution in [2.45, 2.75) is 94.1 Å². The normalized spacial score (nSPS) is 19.7. The SMILES string of the molecule is CCCCOCCCN1C(C(C(=O)Nc2cc(CC)cc3c2SCC3(C)C)N2C(=O)OC(C)(C)C2=O)=Nc2ccccc2S1(=O)=O. The monoisotopic (exact) mass is 670 g/mol. The summed E-state index contributed by atoms with van der Waals surface area (Å²) in [6.45, 7) is 11.9. The number of nitrogens with one attached hydrogen (secondary N) is 1. The number of anilines is 1. The zero-order valence-electron chi connectivity index (χ0n) is 27.2. The van der Waals surface area contributed by atoms with E-state index >= 15 is 0 Å². The van der Waals surface area contributed by atoms with Crippen molar-refractivity contribution in [1.29, 1.82) is 0 Å². The molecule has 5 rings (SSSR count). The van der Waals surface area contributed by atoms with Crippen LogP contribution in [0, 0.1) is 0 Å². The minimum atomic E-state index is -4.24. The summed E-state index contributed by atoms with van der Waals surface area (Å²) in [5, 5.41) is 2.97. The van der Waals surface area contributed by atoms with Gasteiger partial charge >= 0.3 is 6.09 Å². The van der Waals surface area contributed by atoms with Gasteiger partial charge in [0.15, 0.2) is 17.5 Å². The maximum Gasteiger partial charge on any atom is 0.418 e. The van der Waals surface area contributed by atoms with Gasteiger partial charge in [-0.1, -0.05) is 52.3 Å². The number of imide groups is 1. The lowest BCUT2D eigenvalue weighted by atomic mass is 9.85. The van der Waals surface area contributed by atoms with Gasteiger partial charge in [0, 0.05) is 35.8 Å². The van der Waals surface area contributed by atoms with Crippen LogP contribution in [-0.4, -0.2) is 78.5 Å². The van der Waals surface area contributed by atoms with E-state index in [4.69, 9.17) is 9.47 Å². The van der Waals surface area contributed by atoms with Crippen molar-refractivity contribution in [3.05, 3.63) is 47.5 Å². The van der Waals surface area contributed by atoms with E-state index in [2.05, 4.69) is 30.2 Å². The van der Waals surface area contributed by atoms with Crippen LogP contribution in [0.5, 0.6) is 0 Å². The fourth-order valence-corrected chi connectivity index (χ4v) is 8.75. The molecule has 0 bridgehead atoms. The Hall–Kier alpha value is -3.42. The molecule has 46 heavy (non-hydrogen) atoms. The molecule has 1 fully saturated rings. The molecule has 0 saturated carbocycles. The number of amides is 3. The van der Waals surface area contributed by atoms with E-state index in [9.17, 15) is 22.8 Å². The van der Waals surface area contributed by atoms with E-state index in [1.807, 2.05) is 19.9 Å². The smallest absolute Gasteiger partial charge is 0.418 e. The van der Waals surface area contributed by atoms with Gasteiger partial charge in [0.25, 0.3) is 21.8 Å². The van der Waals surface area contributed by atoms with E-state index in [1.165, 1.54) is 26.0 Å². The molecule has 248 valence electrons. The number of cyclic esters (lactones) is 1. The van der Waals surface area contributed by atoms with E-state index < -0.39 is 39.6 Å². The number of unbranched alkanes of at least 4 members (excludes halogenated alkanes) is 1. The zero-order chi connectivity index (χ0) is 33.4. The molecule has 3 amide bonds. The third kappa shape index (κ3) is 6.28. The first-order valence-corrected chi connectivity index (χ1v) is 18.1. The molecular formula is C33H42N4O7S2. The van der Waals surface area contributed by atoms with Crippen LogP contribution in [0.25, 0.3) is 0 Å². The Labute approximate surface area is 275 Å². The first-order valence-electron chi connectivity index (χ1n) is 15.7. The van der Waals surface area contributed by atoms with Gasteiger partial charge in [-0.25, -0.2) is 23.1 Å². The standard InChI is InChI=1S/C33H42N4O7S2/c1-7-9-16-43-17-12-15-36-28(34-23-13-10-11-14-25(23)46(36,41)42)26(37-30(39)33(5,6)44-31(37)40)29(38)35-24-19-21(8-2)18-22-27(24)45-20-32(22,3)4/h10-11,13-14,18-19,26H,7-9,12,15-17,20H2,1-6H3,(H,35,38). The van der Waals surface area contributed by atoms with Crippen molar-refractivity contribution < 1.29 is 32.3 Å². The Morgan fingerprint density at radius 3 is 2.50 bits per heavy atom. The maximum atomic E-state index is 14.5. The summed E-state index contributed by atoms with van der Waals surface area (Å²) in [5.41, 5.74) is 1.05. The Morgan fingerprint density at radius 1 is 1.11 bits per heavy atom. The van der Waals surface area contributed by atoms with Crippen LogP contribution in [0.1, 0.15) is 71.9 Å². The minimum Gasteiger partial charge on any atom is -0.433 e. The Balaban J connectivity index is 1.61. The lowest BCUT2D eigenvalue weighted by Crippen LogP contribution is -2.59. The second kappa shape index (κ2) is 13.0. The number of carbonyl (C=O) groups excluding carboxylic acids is 3. The average Bonchev–Trinajstić information content (AvgIpc) is 3.41. The van der Waals surface area contributed by atoms with Gasteiger partial charge in [0.1, 0.15) is 4.90 Å². The summed E-state index contributed by atoms with van der Waals surface area (Å²) < 4.78 is 40.4. The van der Waals surface area contributed by atoms with Gasteiger partial charge < -0.3 is 14.8 Å². The fraction of sp³-hybridized carbons (Fsp3) is 0.515. The summed E-state index contributed by atoms with van der Waals surface area (Å²) in [4.78, 5) is 47.8. The molecule has 11 nitrogen and oxygen atoms in total. The number of amidine groups is 1. The number of hydrogen-bond donors (Lipinski definition) is 1. The molecule has 1 N–H and O–H groups in total. The number of thioether (sulfide) groups is 1. The van der Waals surface area contributed by atoms with Crippen LogP contribution < -0.4 is 5.32 Å². The quantitative estimate of drug-likeness (QED) is 0.287. The number of ether oxygens (including phenoxy) is 2. The number of aryl methyl sites for hydroxylation is 1. The predicted octanol–water partition coefficient (Wildman–Crippen LogP) is 5.64. The summed E-state index contributed by atoms with van der Waals surface area (Å²) in [6.07, 6.45) is 1.79. The minimum absolute atomic E-state index is 0.0347. The number of rotatable bonds is 12. The highest BCUT2D eigenvalue weighted by atomic mass is 32.2. The Morgan fingerprint density at radius 2 is 1.83 bits per heavy atom. The molecule has 3 heterocycles. The van der Waals surface area contributed by atoms with Crippen molar-refractivity contribution in [2.75, 3.05) is 30.8 Å². The predicted molar refractivity (Wildman–Crippen MR) is 177 cm³/mol. The molecule has 3 aliphatic rings. The van der Waals surface area contributed by atoms with Crippen molar-refractivity contribution in [2.24, 2.45) is 4.99 Å². The second-order valence-electron chi connectivity index (χ2n) is 12.8. The number of para-hydroxylation sites is 1. The highest BCUT2D eigenvalue weighted by molar-refractivity contribution is 7.99. The van der Waals surface area contributed by atoms with Crippen LogP contribution in [-0.2, 0) is 40.9 Å². The molecule has 2 aromatic carbocycles. The first kappa shape index (κ1) is 33.9. The van der Waals surface area contributed by atoms with Gasteiger partial charge in [-0.3, -0.25) is 13.9 Å². The van der Waals surface area contributed by atoms with Crippen LogP contribution in [0.2, 0.25) is 0 Å².